The van der Waals surface area contributed by atoms with Crippen molar-refractivity contribution >= 4 is 5.91 Å². The molecule has 0 aliphatic rings. The van der Waals surface area contributed by atoms with Gasteiger partial charge in [-0.25, -0.2) is 0 Å². The highest BCUT2D eigenvalue weighted by Crippen LogP contribution is 2.10. The van der Waals surface area contributed by atoms with Crippen LogP contribution in [0.25, 0.3) is 0 Å². The number of ether oxygens (including phenoxy) is 1. The predicted octanol–water partition coefficient (Wildman–Crippen LogP) is 2.07. The molecule has 0 heterocycles. The molecule has 1 aromatic carbocycles. The van der Waals surface area contributed by atoms with E-state index in [2.05, 4.69) is 5.32 Å². The Hall–Kier alpha value is -1.35. The van der Waals surface area contributed by atoms with Gasteiger partial charge in [-0.05, 0) is 31.9 Å². The molecule has 0 unspecified atom stereocenters. The SMILES string of the molecule is COCCCNC(=O)c1cc(C)ccc1C. The van der Waals surface area contributed by atoms with E-state index in [4.69, 9.17) is 4.74 Å². The lowest BCUT2D eigenvalue weighted by molar-refractivity contribution is 0.0948. The molecule has 16 heavy (non-hydrogen) atoms. The predicted molar refractivity (Wildman–Crippen MR) is 64.7 cm³/mol. The van der Waals surface area contributed by atoms with Crippen molar-refractivity contribution in [3.05, 3.63) is 34.9 Å². The Kier molecular flexibility index (Phi) is 4.99. The van der Waals surface area contributed by atoms with Crippen LogP contribution in [0.15, 0.2) is 18.2 Å². The van der Waals surface area contributed by atoms with Crippen LogP contribution < -0.4 is 5.32 Å². The maximum absolute atomic E-state index is 11.8. The fourth-order valence-electron chi connectivity index (χ4n) is 1.49. The summed E-state index contributed by atoms with van der Waals surface area (Å²) in [4.78, 5) is 11.8. The second-order valence-electron chi connectivity index (χ2n) is 3.92. The standard InChI is InChI=1S/C13H19NO2/c1-10-5-6-11(2)12(9-10)13(15)14-7-4-8-16-3/h5-6,9H,4,7-8H2,1-3H3,(H,14,15). The molecule has 88 valence electrons. The van der Waals surface area contributed by atoms with Gasteiger partial charge in [-0.2, -0.15) is 0 Å². The van der Waals surface area contributed by atoms with Crippen molar-refractivity contribution in [3.8, 4) is 0 Å². The highest BCUT2D eigenvalue weighted by Gasteiger charge is 2.07. The molecule has 0 atom stereocenters. The van der Waals surface area contributed by atoms with Crippen LogP contribution in [0, 0.1) is 13.8 Å². The van der Waals surface area contributed by atoms with Gasteiger partial charge in [0.25, 0.3) is 5.91 Å². The number of hydrogen-bond donors (Lipinski definition) is 1. The molecule has 0 aliphatic carbocycles. The molecule has 0 radical (unpaired) electrons. The Labute approximate surface area is 96.8 Å². The van der Waals surface area contributed by atoms with Gasteiger partial charge in [-0.3, -0.25) is 4.79 Å². The van der Waals surface area contributed by atoms with Crippen LogP contribution in [-0.2, 0) is 4.74 Å². The van der Waals surface area contributed by atoms with Crippen molar-refractivity contribution < 1.29 is 9.53 Å². The second-order valence-corrected chi connectivity index (χ2v) is 3.92. The van der Waals surface area contributed by atoms with E-state index in [0.29, 0.717) is 13.2 Å². The normalized spacial score (nSPS) is 10.2. The zero-order chi connectivity index (χ0) is 12.0. The van der Waals surface area contributed by atoms with Crippen molar-refractivity contribution in [3.63, 3.8) is 0 Å². The molecule has 0 aliphatic heterocycles. The third-order valence-electron chi connectivity index (χ3n) is 2.45. The number of amides is 1. The first-order valence-electron chi connectivity index (χ1n) is 5.49. The number of rotatable bonds is 5. The quantitative estimate of drug-likeness (QED) is 0.773. The van der Waals surface area contributed by atoms with E-state index in [9.17, 15) is 4.79 Å². The number of carbonyl (C=O) groups is 1. The van der Waals surface area contributed by atoms with Gasteiger partial charge in [0.2, 0.25) is 0 Å². The Bertz CT molecular complexity index is 361. The molecule has 0 fully saturated rings. The zero-order valence-electron chi connectivity index (χ0n) is 10.2. The van der Waals surface area contributed by atoms with E-state index in [1.807, 2.05) is 32.0 Å². The van der Waals surface area contributed by atoms with Crippen LogP contribution in [0.4, 0.5) is 0 Å². The van der Waals surface area contributed by atoms with Crippen LogP contribution in [0.1, 0.15) is 27.9 Å². The smallest absolute Gasteiger partial charge is 0.251 e. The van der Waals surface area contributed by atoms with E-state index in [1.165, 1.54) is 0 Å². The minimum absolute atomic E-state index is 0.00250. The highest BCUT2D eigenvalue weighted by molar-refractivity contribution is 5.95. The van der Waals surface area contributed by atoms with E-state index in [0.717, 1.165) is 23.1 Å². The largest absolute Gasteiger partial charge is 0.385 e. The van der Waals surface area contributed by atoms with Crippen molar-refractivity contribution in [2.45, 2.75) is 20.3 Å². The maximum atomic E-state index is 11.8. The van der Waals surface area contributed by atoms with Gasteiger partial charge in [0.05, 0.1) is 0 Å². The third kappa shape index (κ3) is 3.66. The summed E-state index contributed by atoms with van der Waals surface area (Å²) in [7, 11) is 1.66. The molecule has 0 bridgehead atoms. The number of benzene rings is 1. The van der Waals surface area contributed by atoms with Crippen LogP contribution >= 0.6 is 0 Å². The number of methoxy groups -OCH3 is 1. The number of aryl methyl sites for hydroxylation is 2. The van der Waals surface area contributed by atoms with Crippen LogP contribution in [0.5, 0.6) is 0 Å². The molecule has 1 amide bonds. The summed E-state index contributed by atoms with van der Waals surface area (Å²) in [5.74, 6) is -0.00250. The fourth-order valence-corrected chi connectivity index (χ4v) is 1.49. The van der Waals surface area contributed by atoms with Crippen LogP contribution in [-0.4, -0.2) is 26.2 Å². The van der Waals surface area contributed by atoms with Gasteiger partial charge in [0.15, 0.2) is 0 Å². The Morgan fingerprint density at radius 2 is 2.12 bits per heavy atom. The number of nitrogens with one attached hydrogen (secondary N) is 1. The Morgan fingerprint density at radius 1 is 1.38 bits per heavy atom. The van der Waals surface area contributed by atoms with Gasteiger partial charge >= 0.3 is 0 Å². The molecular weight excluding hydrogens is 202 g/mol. The molecule has 3 heteroatoms. The molecule has 1 N–H and O–H groups in total. The molecular formula is C13H19NO2. The second kappa shape index (κ2) is 6.28. The summed E-state index contributed by atoms with van der Waals surface area (Å²) < 4.78 is 4.92. The minimum atomic E-state index is -0.00250. The lowest BCUT2D eigenvalue weighted by Crippen LogP contribution is -2.25. The summed E-state index contributed by atoms with van der Waals surface area (Å²) in [5.41, 5.74) is 2.87. The summed E-state index contributed by atoms with van der Waals surface area (Å²) in [6.45, 7) is 5.26. The van der Waals surface area contributed by atoms with Crippen molar-refractivity contribution in [1.82, 2.24) is 5.32 Å². The third-order valence-corrected chi connectivity index (χ3v) is 2.45. The summed E-state index contributed by atoms with van der Waals surface area (Å²) in [6, 6.07) is 5.90. The van der Waals surface area contributed by atoms with Crippen LogP contribution in [0.3, 0.4) is 0 Å². The Balaban J connectivity index is 2.55. The lowest BCUT2D eigenvalue weighted by atomic mass is 10.1. The molecule has 0 saturated heterocycles. The molecule has 1 rings (SSSR count). The summed E-state index contributed by atoms with van der Waals surface area (Å²) in [6.07, 6.45) is 0.840. The Morgan fingerprint density at radius 3 is 2.81 bits per heavy atom. The molecule has 3 nitrogen and oxygen atoms in total. The average Bonchev–Trinajstić information content (AvgIpc) is 2.27. The van der Waals surface area contributed by atoms with Gasteiger partial charge < -0.3 is 10.1 Å². The molecule has 0 saturated carbocycles. The first-order chi connectivity index (χ1) is 7.65. The van der Waals surface area contributed by atoms with E-state index >= 15 is 0 Å². The van der Waals surface area contributed by atoms with Gasteiger partial charge in [-0.15, -0.1) is 0 Å². The fraction of sp³-hybridized carbons (Fsp3) is 0.462. The first kappa shape index (κ1) is 12.7. The van der Waals surface area contributed by atoms with E-state index < -0.39 is 0 Å². The monoisotopic (exact) mass is 221 g/mol. The average molecular weight is 221 g/mol. The molecule has 0 spiro atoms. The van der Waals surface area contributed by atoms with Crippen molar-refractivity contribution in [2.75, 3.05) is 20.3 Å². The number of hydrogen-bond acceptors (Lipinski definition) is 2. The minimum Gasteiger partial charge on any atom is -0.385 e. The van der Waals surface area contributed by atoms with Crippen LogP contribution in [0.2, 0.25) is 0 Å². The molecule has 0 aromatic heterocycles. The van der Waals surface area contributed by atoms with Crippen molar-refractivity contribution in [1.29, 1.82) is 0 Å². The van der Waals surface area contributed by atoms with Gasteiger partial charge in [-0.1, -0.05) is 17.7 Å². The van der Waals surface area contributed by atoms with Gasteiger partial charge in [0, 0.05) is 25.8 Å². The summed E-state index contributed by atoms with van der Waals surface area (Å²) in [5, 5.41) is 2.88. The first-order valence-corrected chi connectivity index (χ1v) is 5.49. The zero-order valence-corrected chi connectivity index (χ0v) is 10.2. The van der Waals surface area contributed by atoms with Crippen molar-refractivity contribution in [2.24, 2.45) is 0 Å². The summed E-state index contributed by atoms with van der Waals surface area (Å²) >= 11 is 0. The van der Waals surface area contributed by atoms with E-state index in [1.54, 1.807) is 7.11 Å². The van der Waals surface area contributed by atoms with E-state index in [-0.39, 0.29) is 5.91 Å². The number of carbonyl (C=O) groups excluding carboxylic acids is 1. The lowest BCUT2D eigenvalue weighted by Gasteiger charge is -2.08. The van der Waals surface area contributed by atoms with Gasteiger partial charge in [0.1, 0.15) is 0 Å². The topological polar surface area (TPSA) is 38.3 Å². The molecule has 1 aromatic rings. The highest BCUT2D eigenvalue weighted by atomic mass is 16.5. The maximum Gasteiger partial charge on any atom is 0.251 e.